The number of esters is 2. The molecule has 0 N–H and O–H groups in total. The molecule has 0 heterocycles. The molecule has 0 saturated heterocycles. The van der Waals surface area contributed by atoms with Crippen LogP contribution in [0.4, 0.5) is 0 Å². The highest BCUT2D eigenvalue weighted by molar-refractivity contribution is 7.80. The Hall–Kier alpha value is -1.48. The molecule has 186 valence electrons. The second-order valence-electron chi connectivity index (χ2n) is 8.95. The molecule has 0 bridgehead atoms. The zero-order valence-electron chi connectivity index (χ0n) is 21.2. The number of hydrogen-bond donors (Lipinski definition) is 1. The predicted octanol–water partition coefficient (Wildman–Crippen LogP) is 7.06. The molecule has 0 fully saturated rings. The fourth-order valence-electron chi connectivity index (χ4n) is 3.31. The lowest BCUT2D eigenvalue weighted by atomic mass is 9.84. The lowest BCUT2D eigenvalue weighted by Gasteiger charge is -2.27. The first-order chi connectivity index (χ1) is 15.2. The molecule has 0 rings (SSSR count). The van der Waals surface area contributed by atoms with E-state index >= 15 is 0 Å². The summed E-state index contributed by atoms with van der Waals surface area (Å²) in [6.07, 6.45) is 13.8. The zero-order valence-corrected chi connectivity index (χ0v) is 22.1. The molecule has 1 atom stereocenters. The van der Waals surface area contributed by atoms with Crippen LogP contribution in [0.15, 0.2) is 12.2 Å². The van der Waals surface area contributed by atoms with Gasteiger partial charge in [0.15, 0.2) is 0 Å². The molecule has 0 aliphatic heterocycles. The maximum Gasteiger partial charge on any atom is 0.348 e. The van der Waals surface area contributed by atoms with Crippen molar-refractivity contribution in [3.8, 4) is 6.07 Å². The number of rotatable bonds is 17. The van der Waals surface area contributed by atoms with Crippen LogP contribution < -0.4 is 0 Å². The summed E-state index contributed by atoms with van der Waals surface area (Å²) in [7, 11) is 0. The molecule has 0 amide bonds. The standard InChI is InChI=1S/C20H40O2S.C6H7NO2/c1-5-6-7-8-9-10-11-12-13-14-15-22-19(21)20(4,17-23)16-18(2)3;1-3-9-6(8)5(2)4-7/h18,23H,5-17H2,1-4H3;2-3H2,1H3. The maximum atomic E-state index is 12.2. The minimum Gasteiger partial charge on any atom is -0.465 e. The van der Waals surface area contributed by atoms with Gasteiger partial charge < -0.3 is 9.47 Å². The SMILES string of the molecule is C=C(C#N)C(=O)OCC.CCCCCCCCCCCCOC(=O)C(C)(CS)CC(C)C. The van der Waals surface area contributed by atoms with E-state index in [9.17, 15) is 9.59 Å². The Bertz CT molecular complexity index is 557. The van der Waals surface area contributed by atoms with Crippen LogP contribution in [0.5, 0.6) is 0 Å². The van der Waals surface area contributed by atoms with Crippen molar-refractivity contribution in [3.63, 3.8) is 0 Å². The van der Waals surface area contributed by atoms with Crippen molar-refractivity contribution >= 4 is 24.6 Å². The molecule has 0 spiro atoms. The first kappa shape index (κ1) is 32.7. The molecular formula is C26H47NO4S. The number of thiol groups is 1. The zero-order chi connectivity index (χ0) is 24.8. The Morgan fingerprint density at radius 2 is 1.47 bits per heavy atom. The average Bonchev–Trinajstić information content (AvgIpc) is 2.76. The van der Waals surface area contributed by atoms with Crippen molar-refractivity contribution in [2.24, 2.45) is 11.3 Å². The number of ether oxygens (including phenoxy) is 2. The highest BCUT2D eigenvalue weighted by atomic mass is 32.1. The number of nitrogens with zero attached hydrogens (tertiary/aromatic N) is 1. The quantitative estimate of drug-likeness (QED) is 0.0811. The summed E-state index contributed by atoms with van der Waals surface area (Å²) in [6, 6.07) is 1.58. The molecule has 0 radical (unpaired) electrons. The van der Waals surface area contributed by atoms with Gasteiger partial charge in [0.2, 0.25) is 0 Å². The van der Waals surface area contributed by atoms with Crippen LogP contribution in [0.25, 0.3) is 0 Å². The first-order valence-electron chi connectivity index (χ1n) is 12.2. The van der Waals surface area contributed by atoms with Gasteiger partial charge in [0, 0.05) is 5.75 Å². The smallest absolute Gasteiger partial charge is 0.348 e. The van der Waals surface area contributed by atoms with Crippen molar-refractivity contribution < 1.29 is 19.1 Å². The second kappa shape index (κ2) is 21.4. The summed E-state index contributed by atoms with van der Waals surface area (Å²) in [5.41, 5.74) is -0.590. The minimum atomic E-state index is -0.639. The third-order valence-electron chi connectivity index (χ3n) is 5.09. The molecule has 32 heavy (non-hydrogen) atoms. The molecular weight excluding hydrogens is 422 g/mol. The van der Waals surface area contributed by atoms with Crippen molar-refractivity contribution in [3.05, 3.63) is 12.2 Å². The topological polar surface area (TPSA) is 76.4 Å². The third kappa shape index (κ3) is 18.1. The second-order valence-corrected chi connectivity index (χ2v) is 9.26. The van der Waals surface area contributed by atoms with Gasteiger partial charge in [-0.2, -0.15) is 17.9 Å². The van der Waals surface area contributed by atoms with Crippen LogP contribution >= 0.6 is 12.6 Å². The summed E-state index contributed by atoms with van der Waals surface area (Å²) >= 11 is 4.35. The van der Waals surface area contributed by atoms with Gasteiger partial charge in [-0.05, 0) is 32.6 Å². The fourth-order valence-corrected chi connectivity index (χ4v) is 3.56. The van der Waals surface area contributed by atoms with Crippen LogP contribution in [0.3, 0.4) is 0 Å². The molecule has 0 aromatic carbocycles. The summed E-state index contributed by atoms with van der Waals surface area (Å²) in [5, 5.41) is 8.08. The van der Waals surface area contributed by atoms with Crippen LogP contribution in [-0.2, 0) is 19.1 Å². The third-order valence-corrected chi connectivity index (χ3v) is 5.79. The lowest BCUT2D eigenvalue weighted by molar-refractivity contribution is -0.154. The van der Waals surface area contributed by atoms with E-state index in [2.05, 4.69) is 44.7 Å². The van der Waals surface area contributed by atoms with Crippen molar-refractivity contribution in [2.45, 2.75) is 105 Å². The van der Waals surface area contributed by atoms with E-state index in [0.29, 0.717) is 18.3 Å². The van der Waals surface area contributed by atoms with E-state index in [0.717, 1.165) is 12.8 Å². The number of nitriles is 1. The number of hydrogen-bond acceptors (Lipinski definition) is 6. The summed E-state index contributed by atoms with van der Waals surface area (Å²) in [4.78, 5) is 22.7. The maximum absolute atomic E-state index is 12.2. The normalized spacial score (nSPS) is 12.2. The van der Waals surface area contributed by atoms with E-state index in [-0.39, 0.29) is 18.1 Å². The van der Waals surface area contributed by atoms with Crippen LogP contribution in [-0.4, -0.2) is 30.9 Å². The van der Waals surface area contributed by atoms with Crippen molar-refractivity contribution in [1.29, 1.82) is 5.26 Å². The number of unbranched alkanes of at least 4 members (excludes halogenated alkanes) is 9. The Labute approximate surface area is 202 Å². The van der Waals surface area contributed by atoms with E-state index < -0.39 is 11.4 Å². The molecule has 6 heteroatoms. The van der Waals surface area contributed by atoms with E-state index in [1.807, 2.05) is 6.92 Å². The molecule has 5 nitrogen and oxygen atoms in total. The molecule has 0 aliphatic rings. The monoisotopic (exact) mass is 469 g/mol. The summed E-state index contributed by atoms with van der Waals surface area (Å²) in [5.74, 6) is 0.330. The van der Waals surface area contributed by atoms with E-state index in [1.54, 1.807) is 13.0 Å². The Morgan fingerprint density at radius 3 is 1.88 bits per heavy atom. The van der Waals surface area contributed by atoms with E-state index in [4.69, 9.17) is 10.00 Å². The van der Waals surface area contributed by atoms with Gasteiger partial charge in [-0.25, -0.2) is 4.79 Å². The molecule has 0 saturated carbocycles. The predicted molar refractivity (Wildman–Crippen MR) is 136 cm³/mol. The van der Waals surface area contributed by atoms with Gasteiger partial charge in [-0.3, -0.25) is 4.79 Å². The summed E-state index contributed by atoms with van der Waals surface area (Å²) < 4.78 is 9.92. The highest BCUT2D eigenvalue weighted by Gasteiger charge is 2.34. The van der Waals surface area contributed by atoms with Gasteiger partial charge in [-0.15, -0.1) is 0 Å². The summed E-state index contributed by atoms with van der Waals surface area (Å²) in [6.45, 7) is 14.2. The van der Waals surface area contributed by atoms with Gasteiger partial charge in [0.1, 0.15) is 11.6 Å². The van der Waals surface area contributed by atoms with Crippen LogP contribution in [0.1, 0.15) is 105 Å². The molecule has 0 aliphatic carbocycles. The average molecular weight is 470 g/mol. The lowest BCUT2D eigenvalue weighted by Crippen LogP contribution is -2.33. The molecule has 0 aromatic heterocycles. The largest absolute Gasteiger partial charge is 0.465 e. The van der Waals surface area contributed by atoms with Gasteiger partial charge in [-0.1, -0.05) is 85.1 Å². The van der Waals surface area contributed by atoms with Gasteiger partial charge in [0.05, 0.1) is 18.6 Å². The minimum absolute atomic E-state index is 0.0721. The van der Waals surface area contributed by atoms with Crippen molar-refractivity contribution in [1.82, 2.24) is 0 Å². The first-order valence-corrected chi connectivity index (χ1v) is 12.9. The van der Waals surface area contributed by atoms with Gasteiger partial charge >= 0.3 is 11.9 Å². The highest BCUT2D eigenvalue weighted by Crippen LogP contribution is 2.29. The fraction of sp³-hybridized carbons (Fsp3) is 0.808. The molecule has 1 unspecified atom stereocenters. The Morgan fingerprint density at radius 1 is 0.969 bits per heavy atom. The van der Waals surface area contributed by atoms with E-state index in [1.165, 1.54) is 57.8 Å². The number of carbonyl (C=O) groups excluding carboxylic acids is 2. The Balaban J connectivity index is 0. The number of carbonyl (C=O) groups is 2. The van der Waals surface area contributed by atoms with Crippen molar-refractivity contribution in [2.75, 3.05) is 19.0 Å². The Kier molecular flexibility index (Phi) is 21.8. The van der Waals surface area contributed by atoms with Gasteiger partial charge in [0.25, 0.3) is 0 Å². The van der Waals surface area contributed by atoms with Crippen LogP contribution in [0, 0.1) is 22.7 Å². The van der Waals surface area contributed by atoms with Crippen LogP contribution in [0.2, 0.25) is 0 Å². The molecule has 0 aromatic rings.